The van der Waals surface area contributed by atoms with Crippen LogP contribution in [0.4, 0.5) is 17.1 Å². The summed E-state index contributed by atoms with van der Waals surface area (Å²) in [6.45, 7) is 8.04. The van der Waals surface area contributed by atoms with Gasteiger partial charge in [0.25, 0.3) is 5.91 Å². The summed E-state index contributed by atoms with van der Waals surface area (Å²) in [5, 5.41) is 15.8. The van der Waals surface area contributed by atoms with Gasteiger partial charge in [-0.15, -0.1) is 0 Å². The van der Waals surface area contributed by atoms with E-state index in [1.54, 1.807) is 12.1 Å². The van der Waals surface area contributed by atoms with Crippen molar-refractivity contribution in [2.75, 3.05) is 28.6 Å². The molecule has 0 fully saturated rings. The monoisotopic (exact) mass is 451 g/mol. The van der Waals surface area contributed by atoms with Gasteiger partial charge in [0.1, 0.15) is 11.6 Å². The van der Waals surface area contributed by atoms with Gasteiger partial charge in [-0.1, -0.05) is 23.2 Å². The molecule has 154 valence electrons. The average molecular weight is 453 g/mol. The minimum Gasteiger partial charge on any atom is -1.00 e. The highest BCUT2D eigenvalue weighted by molar-refractivity contribution is 6.36. The number of anilines is 3. The molecule has 2 rings (SSSR count). The molecule has 0 spiro atoms. The Kier molecular flexibility index (Phi) is 9.84. The van der Waals surface area contributed by atoms with Crippen LogP contribution in [0.15, 0.2) is 48.2 Å². The highest BCUT2D eigenvalue weighted by Crippen LogP contribution is 2.26. The lowest BCUT2D eigenvalue weighted by Gasteiger charge is -2.22. The van der Waals surface area contributed by atoms with Crippen molar-refractivity contribution in [1.82, 2.24) is 0 Å². The summed E-state index contributed by atoms with van der Waals surface area (Å²) in [6.07, 6.45) is 1.38. The first-order valence-electron chi connectivity index (χ1n) is 8.88. The smallest absolute Gasteiger partial charge is 0.267 e. The lowest BCUT2D eigenvalue weighted by atomic mass is 10.1. The van der Waals surface area contributed by atoms with Gasteiger partial charge >= 0.3 is 0 Å². The molecule has 0 aliphatic heterocycles. The molecule has 0 aliphatic rings. The number of amides is 1. The van der Waals surface area contributed by atoms with Gasteiger partial charge in [-0.3, -0.25) is 4.79 Å². The molecule has 2 aromatic carbocycles. The highest BCUT2D eigenvalue weighted by atomic mass is 35.5. The van der Waals surface area contributed by atoms with E-state index in [0.29, 0.717) is 15.7 Å². The molecule has 0 saturated heterocycles. The number of nitrogens with one attached hydrogen (secondary N) is 2. The zero-order valence-corrected chi connectivity index (χ0v) is 18.7. The van der Waals surface area contributed by atoms with Crippen molar-refractivity contribution in [1.29, 1.82) is 5.26 Å². The Morgan fingerprint density at radius 3 is 2.41 bits per heavy atom. The number of rotatable bonds is 7. The van der Waals surface area contributed by atoms with Gasteiger partial charge in [0.15, 0.2) is 0 Å². The zero-order valence-electron chi connectivity index (χ0n) is 16.4. The van der Waals surface area contributed by atoms with Gasteiger partial charge in [0.2, 0.25) is 0 Å². The van der Waals surface area contributed by atoms with E-state index in [0.717, 1.165) is 30.0 Å². The van der Waals surface area contributed by atoms with E-state index < -0.39 is 5.91 Å². The lowest BCUT2D eigenvalue weighted by molar-refractivity contribution is -0.112. The molecular weight excluding hydrogens is 431 g/mol. The van der Waals surface area contributed by atoms with Crippen LogP contribution < -0.4 is 27.9 Å². The van der Waals surface area contributed by atoms with Gasteiger partial charge in [0.05, 0.1) is 10.7 Å². The fourth-order valence-electron chi connectivity index (χ4n) is 2.68. The van der Waals surface area contributed by atoms with Gasteiger partial charge in [0, 0.05) is 35.7 Å². The van der Waals surface area contributed by atoms with E-state index in [4.69, 9.17) is 23.2 Å². The molecule has 29 heavy (non-hydrogen) atoms. The predicted molar refractivity (Wildman–Crippen MR) is 117 cm³/mol. The molecule has 0 aliphatic carbocycles. The van der Waals surface area contributed by atoms with Crippen LogP contribution in [0.2, 0.25) is 10.0 Å². The SMILES string of the molecule is CCN(CC)c1ccc(N/C=C(/C#N)C(=O)Nc2cc(Cl)ccc2Cl)c(C)c1.[Cl-]. The maximum atomic E-state index is 12.4. The summed E-state index contributed by atoms with van der Waals surface area (Å²) in [7, 11) is 0. The van der Waals surface area contributed by atoms with Crippen molar-refractivity contribution in [2.45, 2.75) is 20.8 Å². The van der Waals surface area contributed by atoms with Crippen molar-refractivity contribution >= 4 is 46.2 Å². The second kappa shape index (κ2) is 11.6. The van der Waals surface area contributed by atoms with E-state index in [9.17, 15) is 10.1 Å². The first kappa shape index (κ1) is 24.6. The first-order valence-corrected chi connectivity index (χ1v) is 9.64. The Balaban J connectivity index is 0.00000420. The second-order valence-corrected chi connectivity index (χ2v) is 6.91. The molecule has 0 saturated carbocycles. The quantitative estimate of drug-likeness (QED) is 0.500. The summed E-state index contributed by atoms with van der Waals surface area (Å²) in [6, 6.07) is 12.6. The predicted octanol–water partition coefficient (Wildman–Crippen LogP) is 2.61. The molecule has 0 atom stereocenters. The van der Waals surface area contributed by atoms with Crippen molar-refractivity contribution in [2.24, 2.45) is 0 Å². The van der Waals surface area contributed by atoms with Crippen molar-refractivity contribution in [3.63, 3.8) is 0 Å². The maximum Gasteiger partial charge on any atom is 0.267 e. The molecule has 0 radical (unpaired) electrons. The molecule has 8 heteroatoms. The van der Waals surface area contributed by atoms with E-state index in [-0.39, 0.29) is 18.0 Å². The Bertz CT molecular complexity index is 934. The van der Waals surface area contributed by atoms with E-state index in [2.05, 4.69) is 35.4 Å². The standard InChI is InChI=1S/C21H22Cl2N4O.ClH/c1-4-27(5-2)17-7-9-19(14(3)10-17)25-13-15(12-24)21(28)26-20-11-16(22)6-8-18(20)23;/h6-11,13,25H,4-5H2,1-3H3,(H,26,28);1H/p-1/b15-13-;. The van der Waals surface area contributed by atoms with E-state index >= 15 is 0 Å². The summed E-state index contributed by atoms with van der Waals surface area (Å²) >= 11 is 12.0. The number of halogens is 3. The third-order valence-electron chi connectivity index (χ3n) is 4.25. The zero-order chi connectivity index (χ0) is 20.7. The normalized spacial score (nSPS) is 10.6. The fourth-order valence-corrected chi connectivity index (χ4v) is 3.01. The maximum absolute atomic E-state index is 12.4. The Morgan fingerprint density at radius 2 is 1.83 bits per heavy atom. The molecular formula is C21H22Cl3N4O-. The largest absolute Gasteiger partial charge is 1.00 e. The summed E-state index contributed by atoms with van der Waals surface area (Å²) in [5.74, 6) is -0.573. The van der Waals surface area contributed by atoms with Crippen LogP contribution in [0.25, 0.3) is 0 Å². The van der Waals surface area contributed by atoms with Crippen LogP contribution in [0, 0.1) is 18.3 Å². The molecule has 0 heterocycles. The number of aryl methyl sites for hydroxylation is 1. The van der Waals surface area contributed by atoms with Crippen molar-refractivity contribution < 1.29 is 17.2 Å². The third kappa shape index (κ3) is 6.57. The number of carbonyl (C=O) groups excluding carboxylic acids is 1. The summed E-state index contributed by atoms with van der Waals surface area (Å²) < 4.78 is 0. The van der Waals surface area contributed by atoms with Gasteiger partial charge in [-0.05, 0) is 62.7 Å². The van der Waals surface area contributed by atoms with Crippen molar-refractivity contribution in [3.05, 3.63) is 63.8 Å². The number of benzene rings is 2. The Morgan fingerprint density at radius 1 is 1.14 bits per heavy atom. The molecule has 2 N–H and O–H groups in total. The minimum atomic E-state index is -0.573. The van der Waals surface area contributed by atoms with Crippen LogP contribution >= 0.6 is 23.2 Å². The summed E-state index contributed by atoms with van der Waals surface area (Å²) in [5.41, 5.74) is 3.22. The minimum absolute atomic E-state index is 0. The molecule has 0 unspecified atom stereocenters. The topological polar surface area (TPSA) is 68.2 Å². The van der Waals surface area contributed by atoms with Crippen LogP contribution in [0.5, 0.6) is 0 Å². The Hall–Kier alpha value is -2.39. The van der Waals surface area contributed by atoms with Crippen LogP contribution in [0.3, 0.4) is 0 Å². The van der Waals surface area contributed by atoms with Gasteiger partial charge in [-0.2, -0.15) is 5.26 Å². The second-order valence-electron chi connectivity index (χ2n) is 6.06. The molecule has 0 bridgehead atoms. The number of carbonyl (C=O) groups is 1. The number of hydrogen-bond donors (Lipinski definition) is 2. The van der Waals surface area contributed by atoms with Gasteiger partial charge < -0.3 is 27.9 Å². The van der Waals surface area contributed by atoms with E-state index in [1.807, 2.05) is 25.1 Å². The van der Waals surface area contributed by atoms with Crippen molar-refractivity contribution in [3.8, 4) is 6.07 Å². The highest BCUT2D eigenvalue weighted by Gasteiger charge is 2.12. The van der Waals surface area contributed by atoms with Crippen LogP contribution in [-0.4, -0.2) is 19.0 Å². The fraction of sp³-hybridized carbons (Fsp3) is 0.238. The third-order valence-corrected chi connectivity index (χ3v) is 4.82. The van der Waals surface area contributed by atoms with Gasteiger partial charge in [-0.25, -0.2) is 0 Å². The lowest BCUT2D eigenvalue weighted by Crippen LogP contribution is -3.00. The van der Waals surface area contributed by atoms with E-state index in [1.165, 1.54) is 12.3 Å². The Labute approximate surface area is 187 Å². The molecule has 1 amide bonds. The number of nitrogens with zero attached hydrogens (tertiary/aromatic N) is 2. The first-order chi connectivity index (χ1) is 13.4. The van der Waals surface area contributed by atoms with Crippen LogP contribution in [0.1, 0.15) is 19.4 Å². The molecule has 0 aromatic heterocycles. The average Bonchev–Trinajstić information content (AvgIpc) is 2.67. The number of nitriles is 1. The summed E-state index contributed by atoms with van der Waals surface area (Å²) in [4.78, 5) is 14.6. The number of hydrogen-bond acceptors (Lipinski definition) is 4. The molecule has 5 nitrogen and oxygen atoms in total. The van der Waals surface area contributed by atoms with Crippen LogP contribution in [-0.2, 0) is 4.79 Å². The molecule has 2 aromatic rings.